The minimum Gasteiger partial charge on any atom is -0.453 e. The van der Waals surface area contributed by atoms with E-state index in [1.54, 1.807) is 0 Å². The van der Waals surface area contributed by atoms with E-state index in [9.17, 15) is 9.59 Å². The molecular formula is C44H58N2O4. The van der Waals surface area contributed by atoms with Crippen LogP contribution >= 0.6 is 0 Å². The van der Waals surface area contributed by atoms with Crippen LogP contribution in [0.2, 0.25) is 0 Å². The Bertz CT molecular complexity index is 1430. The third-order valence-electron chi connectivity index (χ3n) is 9.18. The van der Waals surface area contributed by atoms with Gasteiger partial charge in [-0.3, -0.25) is 9.59 Å². The number of carbonyl (C=O) groups excluding carboxylic acids is 2. The van der Waals surface area contributed by atoms with E-state index in [0.717, 1.165) is 24.2 Å². The van der Waals surface area contributed by atoms with Crippen LogP contribution in [-0.2, 0) is 43.1 Å². The largest absolute Gasteiger partial charge is 0.453 e. The van der Waals surface area contributed by atoms with E-state index in [4.69, 9.17) is 9.47 Å². The summed E-state index contributed by atoms with van der Waals surface area (Å²) in [6.07, 6.45) is 2.08. The van der Waals surface area contributed by atoms with Crippen LogP contribution in [0.1, 0.15) is 62.8 Å². The number of nitrogens with zero attached hydrogens (tertiary/aromatic N) is 2. The molecule has 0 radical (unpaired) electrons. The molecule has 50 heavy (non-hydrogen) atoms. The molecule has 0 saturated heterocycles. The van der Waals surface area contributed by atoms with E-state index in [1.807, 2.05) is 86.6 Å². The van der Waals surface area contributed by atoms with Gasteiger partial charge >= 0.3 is 11.9 Å². The van der Waals surface area contributed by atoms with Crippen LogP contribution in [0.5, 0.6) is 0 Å². The predicted octanol–water partition coefficient (Wildman–Crippen LogP) is 8.55. The maximum absolute atomic E-state index is 12.3. The van der Waals surface area contributed by atoms with Gasteiger partial charge in [0.2, 0.25) is 0 Å². The lowest BCUT2D eigenvalue weighted by atomic mass is 9.77. The van der Waals surface area contributed by atoms with Crippen LogP contribution in [0.3, 0.4) is 0 Å². The van der Waals surface area contributed by atoms with E-state index in [-0.39, 0.29) is 23.8 Å². The molecule has 0 bridgehead atoms. The number of hydrogen-bond donors (Lipinski definition) is 0. The molecule has 4 rings (SSSR count). The molecule has 6 nitrogen and oxygen atoms in total. The smallest absolute Gasteiger partial charge is 0.306 e. The molecule has 268 valence electrons. The van der Waals surface area contributed by atoms with Crippen molar-refractivity contribution in [3.05, 3.63) is 144 Å². The lowest BCUT2D eigenvalue weighted by molar-refractivity contribution is -0.169. The molecule has 0 aromatic heterocycles. The highest BCUT2D eigenvalue weighted by atomic mass is 16.6. The van der Waals surface area contributed by atoms with Crippen LogP contribution in [0.15, 0.2) is 121 Å². The molecule has 0 spiro atoms. The SMILES string of the molecule is CCC(=O)O[C@](Cc1ccccc1)(c1ccccc1)[C@H](C)CN(C)C.CCC(=O)O[C@](Cc1ccccc1)(c1ccccc1)[C@H](C)CN(C)C. The molecule has 0 aliphatic rings. The van der Waals surface area contributed by atoms with Crippen LogP contribution < -0.4 is 0 Å². The summed E-state index contributed by atoms with van der Waals surface area (Å²) in [6, 6.07) is 40.8. The number of esters is 2. The molecule has 0 heterocycles. The first-order chi connectivity index (χ1) is 24.0. The Hall–Kier alpha value is -4.26. The molecule has 0 saturated carbocycles. The molecule has 0 N–H and O–H groups in total. The number of hydrogen-bond acceptors (Lipinski definition) is 6. The van der Waals surface area contributed by atoms with Gasteiger partial charge in [0.25, 0.3) is 0 Å². The average Bonchev–Trinajstić information content (AvgIpc) is 3.12. The van der Waals surface area contributed by atoms with Crippen LogP contribution in [0.4, 0.5) is 0 Å². The molecule has 0 amide bonds. The summed E-state index contributed by atoms with van der Waals surface area (Å²) in [6.45, 7) is 9.68. The van der Waals surface area contributed by atoms with Crippen molar-refractivity contribution < 1.29 is 19.1 Å². The average molecular weight is 679 g/mol. The second-order valence-electron chi connectivity index (χ2n) is 13.8. The molecule has 0 fully saturated rings. The summed E-state index contributed by atoms with van der Waals surface area (Å²) in [5.41, 5.74) is 3.08. The van der Waals surface area contributed by atoms with Gasteiger partial charge in [0.15, 0.2) is 0 Å². The van der Waals surface area contributed by atoms with E-state index >= 15 is 0 Å². The number of rotatable bonds is 16. The van der Waals surface area contributed by atoms with Gasteiger partial charge in [-0.1, -0.05) is 149 Å². The fourth-order valence-electron chi connectivity index (χ4n) is 6.69. The predicted molar refractivity (Wildman–Crippen MR) is 205 cm³/mol. The number of benzene rings is 4. The van der Waals surface area contributed by atoms with Crippen molar-refractivity contribution in [3.8, 4) is 0 Å². The van der Waals surface area contributed by atoms with Crippen LogP contribution in [0.25, 0.3) is 0 Å². The fraction of sp³-hybridized carbons (Fsp3) is 0.409. The molecule has 4 atom stereocenters. The zero-order valence-corrected chi connectivity index (χ0v) is 31.5. The Kier molecular flexibility index (Phi) is 15.9. The van der Waals surface area contributed by atoms with Gasteiger partial charge in [-0.25, -0.2) is 0 Å². The van der Waals surface area contributed by atoms with Gasteiger partial charge in [0.05, 0.1) is 0 Å². The van der Waals surface area contributed by atoms with Crippen molar-refractivity contribution in [3.63, 3.8) is 0 Å². The summed E-state index contributed by atoms with van der Waals surface area (Å²) in [5, 5.41) is 0. The van der Waals surface area contributed by atoms with Crippen molar-refractivity contribution in [1.29, 1.82) is 0 Å². The Morgan fingerprint density at radius 3 is 1.06 bits per heavy atom. The Balaban J connectivity index is 0.000000270. The van der Waals surface area contributed by atoms with Gasteiger partial charge in [0, 0.05) is 50.6 Å². The lowest BCUT2D eigenvalue weighted by Gasteiger charge is -2.40. The lowest BCUT2D eigenvalue weighted by Crippen LogP contribution is -2.44. The third-order valence-corrected chi connectivity index (χ3v) is 9.18. The third kappa shape index (κ3) is 11.4. The molecule has 0 aliphatic carbocycles. The first-order valence-corrected chi connectivity index (χ1v) is 17.9. The highest BCUT2D eigenvalue weighted by molar-refractivity contribution is 5.70. The van der Waals surface area contributed by atoms with Crippen molar-refractivity contribution >= 4 is 11.9 Å². The number of ether oxygens (including phenoxy) is 2. The minimum atomic E-state index is -0.681. The summed E-state index contributed by atoms with van der Waals surface area (Å²) < 4.78 is 12.3. The Labute approximate surface area is 301 Å². The maximum atomic E-state index is 12.3. The number of carbonyl (C=O) groups is 2. The van der Waals surface area contributed by atoms with Crippen molar-refractivity contribution in [1.82, 2.24) is 9.80 Å². The monoisotopic (exact) mass is 678 g/mol. The Morgan fingerprint density at radius 1 is 0.520 bits per heavy atom. The van der Waals surface area contributed by atoms with Crippen LogP contribution in [0, 0.1) is 11.8 Å². The topological polar surface area (TPSA) is 59.1 Å². The van der Waals surface area contributed by atoms with Gasteiger partial charge in [0.1, 0.15) is 11.2 Å². The first kappa shape index (κ1) is 40.2. The minimum absolute atomic E-state index is 0.139. The van der Waals surface area contributed by atoms with Gasteiger partial charge in [-0.05, 0) is 50.4 Å². The molecular weight excluding hydrogens is 620 g/mol. The summed E-state index contributed by atoms with van der Waals surface area (Å²) in [7, 11) is 8.21. The summed E-state index contributed by atoms with van der Waals surface area (Å²) in [5.74, 6) is -0.0445. The van der Waals surface area contributed by atoms with Crippen LogP contribution in [-0.4, -0.2) is 63.0 Å². The van der Waals surface area contributed by atoms with E-state index in [2.05, 4.69) is 100 Å². The Morgan fingerprint density at radius 2 is 0.800 bits per heavy atom. The highest BCUT2D eigenvalue weighted by Crippen LogP contribution is 2.40. The second-order valence-corrected chi connectivity index (χ2v) is 13.8. The molecule has 0 unspecified atom stereocenters. The van der Waals surface area contributed by atoms with E-state index in [0.29, 0.717) is 25.7 Å². The first-order valence-electron chi connectivity index (χ1n) is 17.9. The van der Waals surface area contributed by atoms with Crippen molar-refractivity contribution in [2.75, 3.05) is 41.3 Å². The van der Waals surface area contributed by atoms with E-state index < -0.39 is 11.2 Å². The highest BCUT2D eigenvalue weighted by Gasteiger charge is 2.43. The van der Waals surface area contributed by atoms with Gasteiger partial charge < -0.3 is 19.3 Å². The normalized spacial score (nSPS) is 14.8. The molecule has 4 aromatic carbocycles. The van der Waals surface area contributed by atoms with Crippen molar-refractivity contribution in [2.45, 2.75) is 64.6 Å². The zero-order chi connectivity index (χ0) is 36.6. The molecule has 6 heteroatoms. The van der Waals surface area contributed by atoms with Crippen molar-refractivity contribution in [2.24, 2.45) is 11.8 Å². The molecule has 0 aliphatic heterocycles. The van der Waals surface area contributed by atoms with Gasteiger partial charge in [-0.2, -0.15) is 0 Å². The standard InChI is InChI=1S/2C22H29NO2/c2*1-5-21(24)25-22(18(2)17-23(3)4,20-14-10-7-11-15-20)16-19-12-8-6-9-13-19/h2*6-15,18H,5,16-17H2,1-4H3/t2*18-,22+/m11/s1. The van der Waals surface area contributed by atoms with Gasteiger partial charge in [-0.15, -0.1) is 0 Å². The quantitative estimate of drug-likeness (QED) is 0.111. The van der Waals surface area contributed by atoms with E-state index in [1.165, 1.54) is 11.1 Å². The maximum Gasteiger partial charge on any atom is 0.306 e. The summed E-state index contributed by atoms with van der Waals surface area (Å²) >= 11 is 0. The second kappa shape index (κ2) is 19.8. The summed E-state index contributed by atoms with van der Waals surface area (Å²) in [4.78, 5) is 29.0. The molecule has 4 aromatic rings. The zero-order valence-electron chi connectivity index (χ0n) is 31.5. The fourth-order valence-corrected chi connectivity index (χ4v) is 6.69.